The molecule has 0 aromatic carbocycles. The summed E-state index contributed by atoms with van der Waals surface area (Å²) in [5.41, 5.74) is 1.64. The fourth-order valence-corrected chi connectivity index (χ4v) is 4.03. The summed E-state index contributed by atoms with van der Waals surface area (Å²) in [5.74, 6) is 0.114. The van der Waals surface area contributed by atoms with Crippen LogP contribution >= 0.6 is 24.8 Å². The van der Waals surface area contributed by atoms with E-state index in [-0.39, 0.29) is 42.8 Å². The minimum Gasteiger partial charge on any atom is -0.385 e. The van der Waals surface area contributed by atoms with Crippen molar-refractivity contribution >= 4 is 41.8 Å². The van der Waals surface area contributed by atoms with Crippen molar-refractivity contribution in [3.63, 3.8) is 0 Å². The largest absolute Gasteiger partial charge is 0.385 e. The Hall–Kier alpha value is -1.34. The third kappa shape index (κ3) is 6.07. The van der Waals surface area contributed by atoms with E-state index in [1.54, 1.807) is 13.3 Å². The van der Waals surface area contributed by atoms with E-state index in [4.69, 9.17) is 4.74 Å². The molecule has 3 rings (SSSR count). The predicted octanol–water partition coefficient (Wildman–Crippen LogP) is 3.91. The number of fused-ring (bicyclic) bond motifs is 1. The molecule has 0 spiro atoms. The number of aryl methyl sites for hydroxylation is 1. The zero-order valence-corrected chi connectivity index (χ0v) is 19.2. The van der Waals surface area contributed by atoms with Crippen LogP contribution in [0.2, 0.25) is 0 Å². The Balaban J connectivity index is 0.00000210. The number of nitrogens with one attached hydrogen (secondary N) is 1. The monoisotopic (exact) mass is 444 g/mol. The number of halogens is 2. The predicted molar refractivity (Wildman–Crippen MR) is 123 cm³/mol. The Kier molecular flexibility index (Phi) is 11.0. The summed E-state index contributed by atoms with van der Waals surface area (Å²) in [7, 11) is 1.72. The summed E-state index contributed by atoms with van der Waals surface area (Å²) in [6.45, 7) is 7.64. The van der Waals surface area contributed by atoms with Crippen molar-refractivity contribution in [3.8, 4) is 0 Å². The van der Waals surface area contributed by atoms with Gasteiger partial charge in [-0.2, -0.15) is 0 Å². The Bertz CT molecular complexity index is 760. The van der Waals surface area contributed by atoms with Crippen LogP contribution in [0.3, 0.4) is 0 Å². The van der Waals surface area contributed by atoms with Crippen LogP contribution in [0.5, 0.6) is 0 Å². The van der Waals surface area contributed by atoms with Crippen LogP contribution in [0, 0.1) is 0 Å². The lowest BCUT2D eigenvalue weighted by Gasteiger charge is -2.37. The summed E-state index contributed by atoms with van der Waals surface area (Å²) in [6, 6.07) is 6.38. The van der Waals surface area contributed by atoms with Crippen LogP contribution in [-0.2, 0) is 11.3 Å². The highest BCUT2D eigenvalue weighted by molar-refractivity contribution is 5.98. The number of unbranched alkanes of at least 4 members (excludes halogenated alkanes) is 1. The minimum atomic E-state index is 0. The van der Waals surface area contributed by atoms with Gasteiger partial charge in [0.25, 0.3) is 5.91 Å². The fourth-order valence-electron chi connectivity index (χ4n) is 4.03. The van der Waals surface area contributed by atoms with Crippen LogP contribution < -0.4 is 5.32 Å². The molecule has 1 saturated heterocycles. The van der Waals surface area contributed by atoms with E-state index in [1.165, 1.54) is 0 Å². The molecule has 6 nitrogen and oxygen atoms in total. The standard InChI is InChI=1S/C21H32N4O2.2ClH/c1-16(2)25(18-9-7-10-22-15-18)21(26)19-14-17-8-6-11-23-20(17)24(19)12-4-5-13-27-3;;/h6,8,11,14,16,18,22H,4-5,7,9-10,12-13,15H2,1-3H3;2*1H/t18-;;/m1../s1. The summed E-state index contributed by atoms with van der Waals surface area (Å²) in [5, 5.41) is 4.47. The Morgan fingerprint density at radius 2 is 2.17 bits per heavy atom. The van der Waals surface area contributed by atoms with Gasteiger partial charge in [0.15, 0.2) is 0 Å². The average molecular weight is 445 g/mol. The molecule has 3 heterocycles. The summed E-state index contributed by atoms with van der Waals surface area (Å²) in [4.78, 5) is 20.2. The van der Waals surface area contributed by atoms with Gasteiger partial charge in [-0.05, 0) is 64.3 Å². The van der Waals surface area contributed by atoms with Crippen LogP contribution in [0.25, 0.3) is 11.0 Å². The molecule has 1 amide bonds. The number of hydrogen-bond donors (Lipinski definition) is 1. The van der Waals surface area contributed by atoms with E-state index < -0.39 is 0 Å². The SMILES string of the molecule is COCCCCn1c(C(=O)N(C(C)C)[C@@H]2CCCNC2)cc2cccnc21.Cl.Cl. The number of methoxy groups -OCH3 is 1. The zero-order valence-electron chi connectivity index (χ0n) is 17.6. The number of piperidine rings is 1. The number of carbonyl (C=O) groups excluding carboxylic acids is 1. The number of hydrogen-bond acceptors (Lipinski definition) is 4. The third-order valence-electron chi connectivity index (χ3n) is 5.31. The van der Waals surface area contributed by atoms with Crippen LogP contribution in [0.15, 0.2) is 24.4 Å². The number of rotatable bonds is 8. The van der Waals surface area contributed by atoms with Gasteiger partial charge in [0.05, 0.1) is 0 Å². The number of aromatic nitrogens is 2. The molecule has 0 radical (unpaired) electrons. The van der Waals surface area contributed by atoms with Gasteiger partial charge >= 0.3 is 0 Å². The highest BCUT2D eigenvalue weighted by Gasteiger charge is 2.30. The maximum absolute atomic E-state index is 13.6. The molecular weight excluding hydrogens is 411 g/mol. The Labute approximate surface area is 186 Å². The Morgan fingerprint density at radius 1 is 1.38 bits per heavy atom. The smallest absolute Gasteiger partial charge is 0.271 e. The number of amides is 1. The molecule has 164 valence electrons. The topological polar surface area (TPSA) is 59.4 Å². The zero-order chi connectivity index (χ0) is 19.2. The van der Waals surface area contributed by atoms with Crippen molar-refractivity contribution < 1.29 is 9.53 Å². The van der Waals surface area contributed by atoms with Crippen LogP contribution in [-0.4, -0.2) is 59.2 Å². The van der Waals surface area contributed by atoms with Crippen LogP contribution in [0.1, 0.15) is 50.0 Å². The second-order valence-electron chi connectivity index (χ2n) is 7.60. The molecule has 1 aliphatic heterocycles. The molecule has 1 atom stereocenters. The second-order valence-corrected chi connectivity index (χ2v) is 7.60. The summed E-state index contributed by atoms with van der Waals surface area (Å²) in [6.07, 6.45) is 5.90. The van der Waals surface area contributed by atoms with Crippen molar-refractivity contribution in [2.24, 2.45) is 0 Å². The fraction of sp³-hybridized carbons (Fsp3) is 0.619. The number of carbonyl (C=O) groups is 1. The first kappa shape index (κ1) is 25.7. The van der Waals surface area contributed by atoms with E-state index in [0.717, 1.165) is 68.7 Å². The van der Waals surface area contributed by atoms with Gasteiger partial charge in [-0.3, -0.25) is 4.79 Å². The molecule has 1 aliphatic rings. The summed E-state index contributed by atoms with van der Waals surface area (Å²) < 4.78 is 7.26. The van der Waals surface area contributed by atoms with Gasteiger partial charge in [-0.1, -0.05) is 0 Å². The molecule has 2 aromatic heterocycles. The minimum absolute atomic E-state index is 0. The van der Waals surface area contributed by atoms with Crippen molar-refractivity contribution in [1.29, 1.82) is 0 Å². The van der Waals surface area contributed by atoms with E-state index in [1.807, 2.05) is 18.2 Å². The molecule has 0 aliphatic carbocycles. The molecule has 0 unspecified atom stereocenters. The van der Waals surface area contributed by atoms with E-state index in [0.29, 0.717) is 0 Å². The van der Waals surface area contributed by atoms with E-state index in [9.17, 15) is 4.79 Å². The number of ether oxygens (including phenoxy) is 1. The molecule has 8 heteroatoms. The van der Waals surface area contributed by atoms with Gasteiger partial charge < -0.3 is 19.5 Å². The molecule has 1 N–H and O–H groups in total. The van der Waals surface area contributed by atoms with Gasteiger partial charge in [-0.15, -0.1) is 24.8 Å². The number of nitrogens with zero attached hydrogens (tertiary/aromatic N) is 3. The quantitative estimate of drug-likeness (QED) is 0.626. The first-order valence-corrected chi connectivity index (χ1v) is 10.1. The first-order chi connectivity index (χ1) is 13.1. The van der Waals surface area contributed by atoms with E-state index in [2.05, 4.69) is 33.6 Å². The lowest BCUT2D eigenvalue weighted by molar-refractivity contribution is 0.0562. The normalized spacial score (nSPS) is 16.3. The van der Waals surface area contributed by atoms with Crippen molar-refractivity contribution in [2.75, 3.05) is 26.8 Å². The highest BCUT2D eigenvalue weighted by atomic mass is 35.5. The van der Waals surface area contributed by atoms with Crippen molar-refractivity contribution in [2.45, 2.75) is 58.2 Å². The first-order valence-electron chi connectivity index (χ1n) is 10.1. The van der Waals surface area contributed by atoms with Crippen molar-refractivity contribution in [3.05, 3.63) is 30.1 Å². The van der Waals surface area contributed by atoms with Gasteiger partial charge in [0.2, 0.25) is 0 Å². The van der Waals surface area contributed by atoms with Crippen LogP contribution in [0.4, 0.5) is 0 Å². The second kappa shape index (κ2) is 12.4. The average Bonchev–Trinajstić information content (AvgIpc) is 3.05. The molecule has 1 fully saturated rings. The van der Waals surface area contributed by atoms with E-state index >= 15 is 0 Å². The highest BCUT2D eigenvalue weighted by Crippen LogP contribution is 2.23. The lowest BCUT2D eigenvalue weighted by Crippen LogP contribution is -2.52. The molecule has 0 bridgehead atoms. The molecule has 0 saturated carbocycles. The maximum Gasteiger partial charge on any atom is 0.271 e. The molecular formula is C21H34Cl2N4O2. The number of pyridine rings is 1. The maximum atomic E-state index is 13.6. The summed E-state index contributed by atoms with van der Waals surface area (Å²) >= 11 is 0. The molecule has 2 aromatic rings. The third-order valence-corrected chi connectivity index (χ3v) is 5.31. The lowest BCUT2D eigenvalue weighted by atomic mass is 10.0. The van der Waals surface area contributed by atoms with Gasteiger partial charge in [-0.25, -0.2) is 4.98 Å². The van der Waals surface area contributed by atoms with Crippen molar-refractivity contribution in [1.82, 2.24) is 19.8 Å². The van der Waals surface area contributed by atoms with Gasteiger partial charge in [0.1, 0.15) is 11.3 Å². The van der Waals surface area contributed by atoms with Gasteiger partial charge in [0, 0.05) is 50.5 Å². The molecule has 29 heavy (non-hydrogen) atoms. The Morgan fingerprint density at radius 3 is 2.83 bits per heavy atom.